The number of amides is 1. The van der Waals surface area contributed by atoms with Crippen molar-refractivity contribution in [3.05, 3.63) is 28.8 Å². The maximum atomic E-state index is 12.9. The second-order valence-corrected chi connectivity index (χ2v) is 6.14. The van der Waals surface area contributed by atoms with E-state index in [-0.39, 0.29) is 17.5 Å². The molecule has 4 nitrogen and oxygen atoms in total. The minimum atomic E-state index is -4.57. The Balaban J connectivity index is 2.03. The molecule has 1 heterocycles. The van der Waals surface area contributed by atoms with Gasteiger partial charge in [-0.2, -0.15) is 18.4 Å². The maximum Gasteiger partial charge on any atom is 0.417 e. The van der Waals surface area contributed by atoms with Crippen LogP contribution in [0.3, 0.4) is 0 Å². The zero-order valence-electron chi connectivity index (χ0n) is 12.9. The number of alkyl halides is 3. The molecule has 0 aromatic heterocycles. The van der Waals surface area contributed by atoms with Crippen molar-refractivity contribution in [1.29, 1.82) is 5.26 Å². The highest BCUT2D eigenvalue weighted by Crippen LogP contribution is 2.36. The lowest BCUT2D eigenvalue weighted by Crippen LogP contribution is -2.41. The van der Waals surface area contributed by atoms with Gasteiger partial charge in [0.1, 0.15) is 0 Å². The van der Waals surface area contributed by atoms with E-state index in [2.05, 4.69) is 11.4 Å². The first-order valence-corrected chi connectivity index (χ1v) is 7.96. The van der Waals surface area contributed by atoms with Crippen LogP contribution in [0.1, 0.15) is 24.8 Å². The van der Waals surface area contributed by atoms with Crippen LogP contribution in [0.15, 0.2) is 18.2 Å². The summed E-state index contributed by atoms with van der Waals surface area (Å²) in [4.78, 5) is 14.3. The van der Waals surface area contributed by atoms with Crippen LogP contribution in [0.25, 0.3) is 0 Å². The molecule has 0 aliphatic carbocycles. The molecule has 8 heteroatoms. The Kier molecular flexibility index (Phi) is 6.08. The van der Waals surface area contributed by atoms with Crippen molar-refractivity contribution in [1.82, 2.24) is 4.90 Å². The summed E-state index contributed by atoms with van der Waals surface area (Å²) in [7, 11) is 0. The summed E-state index contributed by atoms with van der Waals surface area (Å²) in [5.74, 6) is -0.616. The van der Waals surface area contributed by atoms with Gasteiger partial charge in [-0.25, -0.2) is 0 Å². The first-order chi connectivity index (χ1) is 11.3. The minimum Gasteiger partial charge on any atom is -0.326 e. The van der Waals surface area contributed by atoms with Gasteiger partial charge in [-0.15, -0.1) is 0 Å². The second kappa shape index (κ2) is 7.86. The third kappa shape index (κ3) is 4.86. The number of nitrogens with zero attached hydrogens (tertiary/aromatic N) is 2. The van der Waals surface area contributed by atoms with Gasteiger partial charge in [0.05, 0.1) is 22.6 Å². The van der Waals surface area contributed by atoms with E-state index >= 15 is 0 Å². The van der Waals surface area contributed by atoms with Crippen molar-refractivity contribution >= 4 is 23.2 Å². The molecule has 0 saturated carbocycles. The normalized spacial score (nSPS) is 18.9. The Morgan fingerprint density at radius 3 is 2.88 bits per heavy atom. The van der Waals surface area contributed by atoms with Crippen LogP contribution in [0.2, 0.25) is 5.02 Å². The summed E-state index contributed by atoms with van der Waals surface area (Å²) < 4.78 is 38.6. The molecule has 0 spiro atoms. The summed E-state index contributed by atoms with van der Waals surface area (Å²) in [6, 6.07) is 5.39. The highest BCUT2D eigenvalue weighted by Gasteiger charge is 2.33. The van der Waals surface area contributed by atoms with Gasteiger partial charge in [0, 0.05) is 25.2 Å². The Hall–Kier alpha value is -1.78. The molecule has 1 aliphatic rings. The molecule has 1 fully saturated rings. The monoisotopic (exact) mass is 359 g/mol. The molecule has 0 radical (unpaired) electrons. The predicted molar refractivity (Wildman–Crippen MR) is 84.5 cm³/mol. The Labute approximate surface area is 143 Å². The first kappa shape index (κ1) is 18.6. The van der Waals surface area contributed by atoms with Gasteiger partial charge in [-0.1, -0.05) is 11.6 Å². The summed E-state index contributed by atoms with van der Waals surface area (Å²) >= 11 is 5.57. The van der Waals surface area contributed by atoms with Gasteiger partial charge in [0.15, 0.2) is 0 Å². The fourth-order valence-corrected chi connectivity index (χ4v) is 2.97. The van der Waals surface area contributed by atoms with Crippen molar-refractivity contribution in [2.75, 3.05) is 25.0 Å². The summed E-state index contributed by atoms with van der Waals surface area (Å²) in [6.07, 6.45) is -2.69. The number of hydrogen-bond acceptors (Lipinski definition) is 3. The van der Waals surface area contributed by atoms with E-state index in [0.29, 0.717) is 25.9 Å². The van der Waals surface area contributed by atoms with Crippen molar-refractivity contribution in [2.24, 2.45) is 5.92 Å². The quantitative estimate of drug-likeness (QED) is 0.886. The largest absolute Gasteiger partial charge is 0.417 e. The van der Waals surface area contributed by atoms with Crippen LogP contribution in [0, 0.1) is 17.2 Å². The molecule has 130 valence electrons. The molecule has 1 aromatic carbocycles. The molecule has 1 N–H and O–H groups in total. The molecule has 1 aromatic rings. The molecule has 2 rings (SSSR count). The van der Waals surface area contributed by atoms with E-state index < -0.39 is 16.8 Å². The average molecular weight is 360 g/mol. The molecule has 1 aliphatic heterocycles. The van der Waals surface area contributed by atoms with Gasteiger partial charge in [0.25, 0.3) is 0 Å². The number of carbonyl (C=O) groups excluding carboxylic acids is 1. The topological polar surface area (TPSA) is 56.1 Å². The Morgan fingerprint density at radius 1 is 1.46 bits per heavy atom. The fourth-order valence-electron chi connectivity index (χ4n) is 2.75. The highest BCUT2D eigenvalue weighted by atomic mass is 35.5. The van der Waals surface area contributed by atoms with Gasteiger partial charge < -0.3 is 10.2 Å². The number of carbonyl (C=O) groups is 1. The van der Waals surface area contributed by atoms with Gasteiger partial charge in [-0.3, -0.25) is 4.79 Å². The smallest absolute Gasteiger partial charge is 0.326 e. The summed E-state index contributed by atoms with van der Waals surface area (Å²) in [5, 5.41) is 10.8. The number of nitriles is 1. The molecule has 1 amide bonds. The zero-order chi connectivity index (χ0) is 17.7. The summed E-state index contributed by atoms with van der Waals surface area (Å²) in [6.45, 7) is 1.93. The van der Waals surface area contributed by atoms with E-state index in [1.165, 1.54) is 6.07 Å². The minimum absolute atomic E-state index is 0.0749. The molecule has 1 unspecified atom stereocenters. The van der Waals surface area contributed by atoms with Crippen LogP contribution in [0.4, 0.5) is 18.9 Å². The first-order valence-electron chi connectivity index (χ1n) is 7.58. The van der Waals surface area contributed by atoms with Gasteiger partial charge in [-0.05, 0) is 37.6 Å². The van der Waals surface area contributed by atoms with E-state index in [4.69, 9.17) is 16.9 Å². The number of halogens is 4. The number of hydrogen-bond donors (Lipinski definition) is 1. The lowest BCUT2D eigenvalue weighted by molar-refractivity contribution is -0.137. The van der Waals surface area contributed by atoms with Crippen molar-refractivity contribution in [3.8, 4) is 6.07 Å². The van der Waals surface area contributed by atoms with Crippen molar-refractivity contribution in [3.63, 3.8) is 0 Å². The maximum absolute atomic E-state index is 12.9. The highest BCUT2D eigenvalue weighted by molar-refractivity contribution is 6.31. The van der Waals surface area contributed by atoms with E-state index in [9.17, 15) is 18.0 Å². The van der Waals surface area contributed by atoms with Gasteiger partial charge in [0.2, 0.25) is 5.91 Å². The predicted octanol–water partition coefficient (Wildman–Crippen LogP) is 3.92. The number of nitrogens with one attached hydrogen (secondary N) is 1. The SMILES string of the molecule is N#CCCN1CCCC(C(=O)Nc2ccc(Cl)c(C(F)(F)F)c2)C1. The summed E-state index contributed by atoms with van der Waals surface area (Å²) in [5.41, 5.74) is -0.896. The number of rotatable bonds is 4. The molecule has 24 heavy (non-hydrogen) atoms. The molecule has 1 atom stereocenters. The number of likely N-dealkylation sites (tertiary alicyclic amines) is 1. The van der Waals surface area contributed by atoms with Crippen LogP contribution in [0.5, 0.6) is 0 Å². The molecule has 0 bridgehead atoms. The van der Waals surface area contributed by atoms with Crippen LogP contribution in [-0.4, -0.2) is 30.4 Å². The zero-order valence-corrected chi connectivity index (χ0v) is 13.6. The number of anilines is 1. The van der Waals surface area contributed by atoms with Crippen molar-refractivity contribution < 1.29 is 18.0 Å². The van der Waals surface area contributed by atoms with E-state index in [0.717, 1.165) is 25.1 Å². The second-order valence-electron chi connectivity index (χ2n) is 5.73. The Bertz CT molecular complexity index is 642. The molecular weight excluding hydrogens is 343 g/mol. The third-order valence-electron chi connectivity index (χ3n) is 3.96. The average Bonchev–Trinajstić information content (AvgIpc) is 2.54. The molecule has 1 saturated heterocycles. The molecular formula is C16H17ClF3N3O. The van der Waals surface area contributed by atoms with Gasteiger partial charge >= 0.3 is 6.18 Å². The lowest BCUT2D eigenvalue weighted by Gasteiger charge is -2.31. The number of benzene rings is 1. The van der Waals surface area contributed by atoms with Crippen LogP contribution in [-0.2, 0) is 11.0 Å². The van der Waals surface area contributed by atoms with Crippen molar-refractivity contribution in [2.45, 2.75) is 25.4 Å². The van der Waals surface area contributed by atoms with Crippen LogP contribution < -0.4 is 5.32 Å². The van der Waals surface area contributed by atoms with E-state index in [1.54, 1.807) is 0 Å². The van der Waals surface area contributed by atoms with Crippen LogP contribution >= 0.6 is 11.6 Å². The van der Waals surface area contributed by atoms with E-state index in [1.807, 2.05) is 4.90 Å². The standard InChI is InChI=1S/C16H17ClF3N3O/c17-14-5-4-12(9-13(14)16(18,19)20)22-15(24)11-3-1-7-23(10-11)8-2-6-21/h4-5,9,11H,1-3,7-8,10H2,(H,22,24). The lowest BCUT2D eigenvalue weighted by atomic mass is 9.97. The third-order valence-corrected chi connectivity index (χ3v) is 4.29. The number of piperidine rings is 1. The Morgan fingerprint density at radius 2 is 2.21 bits per heavy atom. The fraction of sp³-hybridized carbons (Fsp3) is 0.500.